The van der Waals surface area contributed by atoms with Gasteiger partial charge in [-0.05, 0) is 61.2 Å². The summed E-state index contributed by atoms with van der Waals surface area (Å²) in [6.45, 7) is 4.64. The van der Waals surface area contributed by atoms with Gasteiger partial charge >= 0.3 is 0 Å². The van der Waals surface area contributed by atoms with Gasteiger partial charge in [-0.2, -0.15) is 0 Å². The lowest BCUT2D eigenvalue weighted by atomic mass is 9.91. The van der Waals surface area contributed by atoms with Gasteiger partial charge < -0.3 is 0 Å². The van der Waals surface area contributed by atoms with Crippen molar-refractivity contribution in [3.05, 3.63) is 24.3 Å². The van der Waals surface area contributed by atoms with Crippen molar-refractivity contribution in [1.29, 1.82) is 0 Å². The highest BCUT2D eigenvalue weighted by molar-refractivity contribution is 5.10. The molecule has 0 heteroatoms. The molecule has 0 nitrogen and oxygen atoms in total. The van der Waals surface area contributed by atoms with Crippen molar-refractivity contribution in [3.63, 3.8) is 0 Å². The molecule has 100 valence electrons. The molecule has 0 aromatic rings. The van der Waals surface area contributed by atoms with Crippen molar-refractivity contribution in [2.24, 2.45) is 35.5 Å². The minimum absolute atomic E-state index is 0.972. The topological polar surface area (TPSA) is 0 Å². The molecule has 2 saturated carbocycles. The molecule has 2 fully saturated rings. The summed E-state index contributed by atoms with van der Waals surface area (Å²) in [4.78, 5) is 0. The number of hydrogen-bond acceptors (Lipinski definition) is 0. The third-order valence-corrected chi connectivity index (χ3v) is 5.88. The van der Waals surface area contributed by atoms with E-state index in [4.69, 9.17) is 0 Å². The van der Waals surface area contributed by atoms with Crippen molar-refractivity contribution in [3.8, 4) is 0 Å². The molecule has 18 heavy (non-hydrogen) atoms. The summed E-state index contributed by atoms with van der Waals surface area (Å²) in [6, 6.07) is 0. The van der Waals surface area contributed by atoms with Crippen molar-refractivity contribution in [1.82, 2.24) is 0 Å². The molecule has 4 aliphatic rings. The van der Waals surface area contributed by atoms with E-state index in [2.05, 4.69) is 38.2 Å². The van der Waals surface area contributed by atoms with E-state index < -0.39 is 0 Å². The lowest BCUT2D eigenvalue weighted by Crippen LogP contribution is -2.04. The molecule has 0 N–H and O–H groups in total. The van der Waals surface area contributed by atoms with Crippen molar-refractivity contribution in [2.75, 3.05) is 0 Å². The first-order valence-electron chi connectivity index (χ1n) is 8.16. The Balaban J connectivity index is 0.000000111. The number of rotatable bonds is 2. The third kappa shape index (κ3) is 2.31. The van der Waals surface area contributed by atoms with Gasteiger partial charge in [-0.1, -0.05) is 51.0 Å². The van der Waals surface area contributed by atoms with Crippen LogP contribution in [0.4, 0.5) is 0 Å². The summed E-state index contributed by atoms with van der Waals surface area (Å²) in [5.74, 6) is 5.97. The maximum atomic E-state index is 2.43. The van der Waals surface area contributed by atoms with Gasteiger partial charge in [0, 0.05) is 0 Å². The van der Waals surface area contributed by atoms with E-state index in [9.17, 15) is 0 Å². The van der Waals surface area contributed by atoms with E-state index in [1.54, 1.807) is 0 Å². The Hall–Kier alpha value is -0.520. The molecule has 0 amide bonds. The molecular formula is C18H28. The molecule has 0 spiro atoms. The second-order valence-corrected chi connectivity index (χ2v) is 6.90. The highest BCUT2D eigenvalue weighted by atomic mass is 14.4. The SMILES string of the molecule is CCC1CC2C=CC1C2.CCC1CC2C=CC1C2. The Morgan fingerprint density at radius 2 is 1.11 bits per heavy atom. The summed E-state index contributed by atoms with van der Waals surface area (Å²) in [6.07, 6.45) is 18.4. The van der Waals surface area contributed by atoms with Crippen LogP contribution in [0, 0.1) is 35.5 Å². The molecular weight excluding hydrogens is 216 g/mol. The number of fused-ring (bicyclic) bond motifs is 4. The Morgan fingerprint density at radius 3 is 1.28 bits per heavy atom. The van der Waals surface area contributed by atoms with Gasteiger partial charge in [0.05, 0.1) is 0 Å². The lowest BCUT2D eigenvalue weighted by Gasteiger charge is -2.14. The summed E-state index contributed by atoms with van der Waals surface area (Å²) < 4.78 is 0. The van der Waals surface area contributed by atoms with E-state index in [1.807, 2.05) is 0 Å². The molecule has 6 atom stereocenters. The third-order valence-electron chi connectivity index (χ3n) is 5.88. The standard InChI is InChI=1S/2C9H14/c2*1-2-8-5-7-3-4-9(8)6-7/h2*3-4,7-9H,2,5-6H2,1H3. The first-order chi connectivity index (χ1) is 8.80. The fourth-order valence-corrected chi connectivity index (χ4v) is 4.73. The molecule has 4 rings (SSSR count). The smallest absolute Gasteiger partial charge is 0.0199 e. The summed E-state index contributed by atoms with van der Waals surface area (Å²) in [7, 11) is 0. The lowest BCUT2D eigenvalue weighted by molar-refractivity contribution is 0.434. The fraction of sp³-hybridized carbons (Fsp3) is 0.778. The van der Waals surface area contributed by atoms with E-state index in [1.165, 1.54) is 38.5 Å². The molecule has 0 heterocycles. The normalized spacial score (nSPS) is 46.6. The average Bonchev–Trinajstić information content (AvgIpc) is 3.17. The summed E-state index contributed by atoms with van der Waals surface area (Å²) >= 11 is 0. The molecule has 0 aromatic heterocycles. The maximum absolute atomic E-state index is 2.43. The van der Waals surface area contributed by atoms with Gasteiger partial charge in [-0.3, -0.25) is 0 Å². The average molecular weight is 244 g/mol. The first kappa shape index (κ1) is 12.5. The van der Waals surface area contributed by atoms with Crippen molar-refractivity contribution < 1.29 is 0 Å². The Morgan fingerprint density at radius 1 is 0.667 bits per heavy atom. The fourth-order valence-electron chi connectivity index (χ4n) is 4.73. The van der Waals surface area contributed by atoms with Crippen molar-refractivity contribution >= 4 is 0 Å². The minimum atomic E-state index is 0.972. The largest absolute Gasteiger partial charge is 0.0851 e. The van der Waals surface area contributed by atoms with Gasteiger partial charge in [0.1, 0.15) is 0 Å². The molecule has 0 saturated heterocycles. The van der Waals surface area contributed by atoms with Crippen LogP contribution in [-0.4, -0.2) is 0 Å². The molecule has 4 bridgehead atoms. The van der Waals surface area contributed by atoms with Crippen LogP contribution in [0.1, 0.15) is 52.4 Å². The zero-order valence-corrected chi connectivity index (χ0v) is 12.0. The number of allylic oxidation sites excluding steroid dienone is 4. The van der Waals surface area contributed by atoms with Crippen LogP contribution < -0.4 is 0 Å². The van der Waals surface area contributed by atoms with Crippen LogP contribution in [0.5, 0.6) is 0 Å². The van der Waals surface area contributed by atoms with E-state index in [-0.39, 0.29) is 0 Å². The van der Waals surface area contributed by atoms with E-state index in [0.29, 0.717) is 0 Å². The highest BCUT2D eigenvalue weighted by Crippen LogP contribution is 2.45. The molecule has 0 aliphatic heterocycles. The molecule has 0 aromatic carbocycles. The van der Waals surface area contributed by atoms with Crippen LogP contribution in [0.3, 0.4) is 0 Å². The summed E-state index contributed by atoms with van der Waals surface area (Å²) in [5, 5.41) is 0. The second kappa shape index (κ2) is 5.23. The van der Waals surface area contributed by atoms with Gasteiger partial charge in [0.25, 0.3) is 0 Å². The Labute approximate surface area is 113 Å². The van der Waals surface area contributed by atoms with Gasteiger partial charge in [-0.15, -0.1) is 0 Å². The zero-order chi connectivity index (χ0) is 12.5. The predicted octanol–water partition coefficient (Wildman–Crippen LogP) is 5.22. The number of hydrogen-bond donors (Lipinski definition) is 0. The van der Waals surface area contributed by atoms with Crippen LogP contribution in [-0.2, 0) is 0 Å². The van der Waals surface area contributed by atoms with Crippen molar-refractivity contribution in [2.45, 2.75) is 52.4 Å². The van der Waals surface area contributed by atoms with E-state index in [0.717, 1.165) is 35.5 Å². The monoisotopic (exact) mass is 244 g/mol. The Bertz CT molecular complexity index is 304. The quantitative estimate of drug-likeness (QED) is 0.584. The van der Waals surface area contributed by atoms with Gasteiger partial charge in [0.2, 0.25) is 0 Å². The van der Waals surface area contributed by atoms with Crippen LogP contribution in [0.25, 0.3) is 0 Å². The Kier molecular flexibility index (Phi) is 3.63. The predicted molar refractivity (Wildman–Crippen MR) is 78.3 cm³/mol. The van der Waals surface area contributed by atoms with Crippen LogP contribution in [0.15, 0.2) is 24.3 Å². The zero-order valence-electron chi connectivity index (χ0n) is 12.0. The molecule has 0 radical (unpaired) electrons. The molecule has 6 unspecified atom stereocenters. The van der Waals surface area contributed by atoms with E-state index >= 15 is 0 Å². The van der Waals surface area contributed by atoms with Crippen LogP contribution >= 0.6 is 0 Å². The van der Waals surface area contributed by atoms with Crippen LogP contribution in [0.2, 0.25) is 0 Å². The van der Waals surface area contributed by atoms with Gasteiger partial charge in [0.15, 0.2) is 0 Å². The van der Waals surface area contributed by atoms with Gasteiger partial charge in [-0.25, -0.2) is 0 Å². The maximum Gasteiger partial charge on any atom is -0.0199 e. The minimum Gasteiger partial charge on any atom is -0.0851 e. The highest BCUT2D eigenvalue weighted by Gasteiger charge is 2.34. The second-order valence-electron chi connectivity index (χ2n) is 6.90. The summed E-state index contributed by atoms with van der Waals surface area (Å²) in [5.41, 5.74) is 0. The molecule has 4 aliphatic carbocycles. The first-order valence-corrected chi connectivity index (χ1v) is 8.16.